The summed E-state index contributed by atoms with van der Waals surface area (Å²) >= 11 is 3.27. The summed E-state index contributed by atoms with van der Waals surface area (Å²) in [4.78, 5) is 9.94. The zero-order valence-electron chi connectivity index (χ0n) is 10.8. The first kappa shape index (κ1) is 15.4. The lowest BCUT2D eigenvalue weighted by Crippen LogP contribution is -1.96. The van der Waals surface area contributed by atoms with Crippen molar-refractivity contribution in [1.29, 1.82) is 0 Å². The van der Waals surface area contributed by atoms with E-state index in [0.29, 0.717) is 5.75 Å². The van der Waals surface area contributed by atoms with Gasteiger partial charge in [-0.2, -0.15) is 0 Å². The summed E-state index contributed by atoms with van der Waals surface area (Å²) in [6.45, 7) is 1.77. The molecule has 2 aromatic rings. The van der Waals surface area contributed by atoms with Crippen molar-refractivity contribution in [2.24, 2.45) is 0 Å². The molecular weight excluding hydrogens is 348 g/mol. The Kier molecular flexibility index (Phi) is 4.52. The number of nitrogens with zero attached hydrogens (tertiary/aromatic N) is 1. The Morgan fingerprint density at radius 2 is 1.90 bits per heavy atom. The van der Waals surface area contributed by atoms with E-state index in [1.165, 1.54) is 6.07 Å². The molecule has 0 saturated heterocycles. The van der Waals surface area contributed by atoms with Gasteiger partial charge < -0.3 is 4.74 Å². The van der Waals surface area contributed by atoms with Gasteiger partial charge in [0.25, 0.3) is 12.1 Å². The maximum absolute atomic E-state index is 13.0. The third-order valence-corrected chi connectivity index (χ3v) is 3.30. The highest BCUT2D eigenvalue weighted by Crippen LogP contribution is 2.36. The van der Waals surface area contributed by atoms with E-state index in [4.69, 9.17) is 4.74 Å². The lowest BCUT2D eigenvalue weighted by atomic mass is 10.1. The van der Waals surface area contributed by atoms with Gasteiger partial charge in [-0.1, -0.05) is 22.0 Å². The summed E-state index contributed by atoms with van der Waals surface area (Å²) in [7, 11) is 0. The molecule has 2 rings (SSSR count). The zero-order valence-corrected chi connectivity index (χ0v) is 12.4. The van der Waals surface area contributed by atoms with Gasteiger partial charge in [0, 0.05) is 16.6 Å². The van der Waals surface area contributed by atoms with Crippen LogP contribution in [0.15, 0.2) is 40.9 Å². The lowest BCUT2D eigenvalue weighted by molar-refractivity contribution is -0.385. The summed E-state index contributed by atoms with van der Waals surface area (Å²) in [5.74, 6) is 0.303. The summed E-state index contributed by atoms with van der Waals surface area (Å²) in [5, 5.41) is 10.7. The van der Waals surface area contributed by atoms with E-state index in [0.717, 1.165) is 22.2 Å². The predicted octanol–water partition coefficient (Wildman–Crippen LogP) is 5.40. The number of ether oxygens (including phenoxy) is 1. The molecule has 0 fully saturated rings. The predicted molar refractivity (Wildman–Crippen MR) is 77.0 cm³/mol. The number of nitro groups is 1. The Labute approximate surface area is 127 Å². The Hall–Kier alpha value is -2.02. The molecule has 0 amide bonds. The minimum absolute atomic E-state index is 0.100. The standard InChI is InChI=1S/C14H10BrF2NO3/c1-8-2-3-9(15)6-13(8)21-12-5-4-10(18(19)20)7-11(12)14(16)17/h2-7,14H,1H3. The smallest absolute Gasteiger partial charge is 0.270 e. The molecule has 0 atom stereocenters. The molecule has 4 nitrogen and oxygen atoms in total. The second-order valence-corrected chi connectivity index (χ2v) is 5.21. The monoisotopic (exact) mass is 357 g/mol. The molecule has 0 saturated carbocycles. The number of rotatable bonds is 4. The van der Waals surface area contributed by atoms with Gasteiger partial charge in [-0.15, -0.1) is 0 Å². The number of benzene rings is 2. The summed E-state index contributed by atoms with van der Waals surface area (Å²) in [6.07, 6.45) is -2.87. The van der Waals surface area contributed by atoms with Crippen molar-refractivity contribution < 1.29 is 18.4 Å². The number of hydrogen-bond donors (Lipinski definition) is 0. The molecule has 2 aromatic carbocycles. The zero-order chi connectivity index (χ0) is 15.6. The van der Waals surface area contributed by atoms with Gasteiger partial charge in [0.2, 0.25) is 0 Å². The third kappa shape index (κ3) is 3.55. The first-order chi connectivity index (χ1) is 9.88. The van der Waals surface area contributed by atoms with Gasteiger partial charge in [0.05, 0.1) is 10.5 Å². The molecule has 0 spiro atoms. The van der Waals surface area contributed by atoms with Crippen molar-refractivity contribution in [2.45, 2.75) is 13.3 Å². The molecule has 0 bridgehead atoms. The second kappa shape index (κ2) is 6.17. The van der Waals surface area contributed by atoms with Crippen LogP contribution in [0.4, 0.5) is 14.5 Å². The van der Waals surface area contributed by atoms with Gasteiger partial charge in [0.1, 0.15) is 11.5 Å². The first-order valence-electron chi connectivity index (χ1n) is 5.89. The maximum atomic E-state index is 13.0. The van der Waals surface area contributed by atoms with Gasteiger partial charge in [-0.3, -0.25) is 10.1 Å². The number of alkyl halides is 2. The average molecular weight is 358 g/mol. The lowest BCUT2D eigenvalue weighted by Gasteiger charge is -2.12. The molecule has 0 heterocycles. The van der Waals surface area contributed by atoms with E-state index in [-0.39, 0.29) is 5.75 Å². The van der Waals surface area contributed by atoms with Crippen molar-refractivity contribution >= 4 is 21.6 Å². The summed E-state index contributed by atoms with van der Waals surface area (Å²) in [6, 6.07) is 8.35. The van der Waals surface area contributed by atoms with Crippen molar-refractivity contribution in [3.63, 3.8) is 0 Å². The Morgan fingerprint density at radius 1 is 1.19 bits per heavy atom. The summed E-state index contributed by atoms with van der Waals surface area (Å²) in [5.41, 5.74) is -0.149. The minimum Gasteiger partial charge on any atom is -0.457 e. The van der Waals surface area contributed by atoms with Crippen LogP contribution >= 0.6 is 15.9 Å². The topological polar surface area (TPSA) is 52.4 Å². The highest BCUT2D eigenvalue weighted by molar-refractivity contribution is 9.10. The Balaban J connectivity index is 2.44. The fourth-order valence-corrected chi connectivity index (χ4v) is 2.06. The van der Waals surface area contributed by atoms with Gasteiger partial charge in [0.15, 0.2) is 0 Å². The van der Waals surface area contributed by atoms with Crippen molar-refractivity contribution in [3.8, 4) is 11.5 Å². The van der Waals surface area contributed by atoms with Gasteiger partial charge in [-0.05, 0) is 30.7 Å². The molecular formula is C14H10BrF2NO3. The van der Waals surface area contributed by atoms with E-state index in [9.17, 15) is 18.9 Å². The van der Waals surface area contributed by atoms with E-state index >= 15 is 0 Å². The van der Waals surface area contributed by atoms with Crippen LogP contribution in [-0.4, -0.2) is 4.92 Å². The number of halogens is 3. The minimum atomic E-state index is -2.87. The average Bonchev–Trinajstić information content (AvgIpc) is 2.42. The van der Waals surface area contributed by atoms with Crippen molar-refractivity contribution in [3.05, 3.63) is 62.1 Å². The van der Waals surface area contributed by atoms with Crippen molar-refractivity contribution in [1.82, 2.24) is 0 Å². The second-order valence-electron chi connectivity index (χ2n) is 4.29. The van der Waals surface area contributed by atoms with Gasteiger partial charge in [-0.25, -0.2) is 8.78 Å². The van der Waals surface area contributed by atoms with Gasteiger partial charge >= 0.3 is 0 Å². The van der Waals surface area contributed by atoms with E-state index in [2.05, 4.69) is 15.9 Å². The van der Waals surface area contributed by atoms with Crippen LogP contribution in [0, 0.1) is 17.0 Å². The summed E-state index contributed by atoms with van der Waals surface area (Å²) < 4.78 is 32.3. The Bertz CT molecular complexity index is 692. The number of aryl methyl sites for hydroxylation is 1. The van der Waals surface area contributed by atoms with Crippen LogP contribution in [0.5, 0.6) is 11.5 Å². The van der Waals surface area contributed by atoms with E-state index < -0.39 is 22.6 Å². The molecule has 7 heteroatoms. The molecule has 0 aliphatic carbocycles. The van der Waals surface area contributed by atoms with Crippen LogP contribution in [0.3, 0.4) is 0 Å². The molecule has 110 valence electrons. The highest BCUT2D eigenvalue weighted by Gasteiger charge is 2.20. The van der Waals surface area contributed by atoms with Crippen LogP contribution in [0.2, 0.25) is 0 Å². The largest absolute Gasteiger partial charge is 0.457 e. The molecule has 21 heavy (non-hydrogen) atoms. The van der Waals surface area contributed by atoms with E-state index in [1.54, 1.807) is 25.1 Å². The number of nitro benzene ring substituents is 1. The first-order valence-corrected chi connectivity index (χ1v) is 6.68. The Morgan fingerprint density at radius 3 is 2.52 bits per heavy atom. The van der Waals surface area contributed by atoms with E-state index in [1.807, 2.05) is 0 Å². The fraction of sp³-hybridized carbons (Fsp3) is 0.143. The number of hydrogen-bond acceptors (Lipinski definition) is 3. The fourth-order valence-electron chi connectivity index (χ4n) is 1.72. The number of non-ortho nitro benzene ring substituents is 1. The van der Waals surface area contributed by atoms with Crippen molar-refractivity contribution in [2.75, 3.05) is 0 Å². The van der Waals surface area contributed by atoms with Crippen LogP contribution in [0.1, 0.15) is 17.6 Å². The third-order valence-electron chi connectivity index (χ3n) is 2.81. The molecule has 0 aliphatic rings. The normalized spacial score (nSPS) is 10.7. The quantitative estimate of drug-likeness (QED) is 0.544. The maximum Gasteiger partial charge on any atom is 0.270 e. The molecule has 0 aliphatic heterocycles. The molecule has 0 radical (unpaired) electrons. The molecule has 0 unspecified atom stereocenters. The van der Waals surface area contributed by atoms with Crippen LogP contribution < -0.4 is 4.74 Å². The molecule has 0 N–H and O–H groups in total. The SMILES string of the molecule is Cc1ccc(Br)cc1Oc1ccc([N+](=O)[O-])cc1C(F)F. The highest BCUT2D eigenvalue weighted by atomic mass is 79.9. The molecule has 0 aromatic heterocycles. The van der Waals surface area contributed by atoms with Crippen LogP contribution in [-0.2, 0) is 0 Å². The van der Waals surface area contributed by atoms with Crippen LogP contribution in [0.25, 0.3) is 0 Å².